The summed E-state index contributed by atoms with van der Waals surface area (Å²) in [7, 11) is 0. The van der Waals surface area contributed by atoms with Crippen molar-refractivity contribution < 1.29 is 4.92 Å². The van der Waals surface area contributed by atoms with Gasteiger partial charge in [0.05, 0.1) is 27.8 Å². The fourth-order valence-corrected chi connectivity index (χ4v) is 3.50. The van der Waals surface area contributed by atoms with Gasteiger partial charge in [0.15, 0.2) is 0 Å². The van der Waals surface area contributed by atoms with Crippen molar-refractivity contribution in [3.05, 3.63) is 58.8 Å². The van der Waals surface area contributed by atoms with E-state index < -0.39 is 0 Å². The molecular formula is C20H20N4O2. The second kappa shape index (κ2) is 7.07. The molecular weight excluding hydrogens is 328 g/mol. The number of fused-ring (bicyclic) bond motifs is 1. The maximum absolute atomic E-state index is 11.7. The van der Waals surface area contributed by atoms with E-state index in [0.717, 1.165) is 37.0 Å². The van der Waals surface area contributed by atoms with Crippen molar-refractivity contribution in [1.82, 2.24) is 9.97 Å². The third-order valence-electron chi connectivity index (χ3n) is 4.86. The molecule has 26 heavy (non-hydrogen) atoms. The summed E-state index contributed by atoms with van der Waals surface area (Å²) in [5, 5.41) is 11.7. The van der Waals surface area contributed by atoms with Crippen LogP contribution in [-0.2, 0) is 0 Å². The van der Waals surface area contributed by atoms with Crippen LogP contribution < -0.4 is 4.90 Å². The molecule has 132 valence electrons. The molecule has 0 radical (unpaired) electrons. The normalized spacial score (nSPS) is 15.0. The summed E-state index contributed by atoms with van der Waals surface area (Å²) in [5.41, 5.74) is 3.80. The summed E-state index contributed by atoms with van der Waals surface area (Å²) >= 11 is 0. The molecule has 0 aliphatic carbocycles. The summed E-state index contributed by atoms with van der Waals surface area (Å²) < 4.78 is 0. The van der Waals surface area contributed by atoms with Gasteiger partial charge in [0.25, 0.3) is 5.69 Å². The molecule has 6 nitrogen and oxygen atoms in total. The van der Waals surface area contributed by atoms with Gasteiger partial charge < -0.3 is 4.90 Å². The monoisotopic (exact) mass is 348 g/mol. The zero-order chi connectivity index (χ0) is 17.9. The van der Waals surface area contributed by atoms with Crippen LogP contribution in [0.15, 0.2) is 48.7 Å². The van der Waals surface area contributed by atoms with Crippen LogP contribution in [0.2, 0.25) is 0 Å². The Hall–Kier alpha value is -3.02. The number of rotatable bonds is 3. The molecule has 0 saturated carbocycles. The molecule has 1 aliphatic heterocycles. The van der Waals surface area contributed by atoms with Gasteiger partial charge in [-0.05, 0) is 31.0 Å². The lowest BCUT2D eigenvalue weighted by molar-refractivity contribution is -0.384. The van der Waals surface area contributed by atoms with E-state index in [1.165, 1.54) is 12.8 Å². The molecule has 0 atom stereocenters. The molecule has 4 rings (SSSR count). The third-order valence-corrected chi connectivity index (χ3v) is 4.86. The highest BCUT2D eigenvalue weighted by Crippen LogP contribution is 2.34. The van der Waals surface area contributed by atoms with Crippen molar-refractivity contribution in [3.63, 3.8) is 0 Å². The van der Waals surface area contributed by atoms with Gasteiger partial charge >= 0.3 is 0 Å². The van der Waals surface area contributed by atoms with Gasteiger partial charge in [0, 0.05) is 24.7 Å². The Labute approximate surface area is 151 Å². The summed E-state index contributed by atoms with van der Waals surface area (Å²) in [6, 6.07) is 13.0. The molecule has 0 N–H and O–H groups in total. The summed E-state index contributed by atoms with van der Waals surface area (Å²) in [5.74, 6) is 0. The first-order valence-electron chi connectivity index (χ1n) is 8.98. The van der Waals surface area contributed by atoms with Crippen molar-refractivity contribution in [1.29, 1.82) is 0 Å². The number of aromatic nitrogens is 2. The van der Waals surface area contributed by atoms with Gasteiger partial charge in [-0.15, -0.1) is 0 Å². The lowest BCUT2D eigenvalue weighted by atomic mass is 10.1. The minimum absolute atomic E-state index is 0.138. The Bertz CT molecular complexity index is 949. The first kappa shape index (κ1) is 16.4. The topological polar surface area (TPSA) is 72.2 Å². The molecule has 1 saturated heterocycles. The fraction of sp³-hybridized carbons (Fsp3) is 0.300. The van der Waals surface area contributed by atoms with Gasteiger partial charge in [-0.3, -0.25) is 15.1 Å². The van der Waals surface area contributed by atoms with Gasteiger partial charge in [0.1, 0.15) is 5.69 Å². The first-order valence-corrected chi connectivity index (χ1v) is 8.98. The molecule has 0 spiro atoms. The lowest BCUT2D eigenvalue weighted by Gasteiger charge is -2.22. The number of nitrogens with zero attached hydrogens (tertiary/aromatic N) is 4. The van der Waals surface area contributed by atoms with E-state index in [9.17, 15) is 10.1 Å². The number of nitro benzene ring substituents is 1. The SMILES string of the molecule is O=[N+]([O-])c1cc(-c2cnc3ccccc3n2)ccc1N1CCCCCC1. The second-order valence-electron chi connectivity index (χ2n) is 6.61. The van der Waals surface area contributed by atoms with Crippen LogP contribution in [0.25, 0.3) is 22.3 Å². The van der Waals surface area contributed by atoms with E-state index in [-0.39, 0.29) is 10.6 Å². The van der Waals surface area contributed by atoms with Crippen molar-refractivity contribution in [2.24, 2.45) is 0 Å². The smallest absolute Gasteiger partial charge is 0.293 e. The molecule has 3 aromatic rings. The summed E-state index contributed by atoms with van der Waals surface area (Å²) in [4.78, 5) is 22.6. The van der Waals surface area contributed by atoms with E-state index in [4.69, 9.17) is 0 Å². The standard InChI is InChI=1S/C20H20N4O2/c25-24(26)20-13-15(9-10-19(20)23-11-5-1-2-6-12-23)18-14-21-16-7-3-4-8-17(16)22-18/h3-4,7-10,13-14H,1-2,5-6,11-12H2. The molecule has 1 fully saturated rings. The van der Waals surface area contributed by atoms with E-state index >= 15 is 0 Å². The number of hydrogen-bond donors (Lipinski definition) is 0. The van der Waals surface area contributed by atoms with Gasteiger partial charge in [-0.2, -0.15) is 0 Å². The number of anilines is 1. The average Bonchev–Trinajstić information content (AvgIpc) is 2.96. The van der Waals surface area contributed by atoms with Crippen molar-refractivity contribution >= 4 is 22.4 Å². The minimum atomic E-state index is -0.293. The van der Waals surface area contributed by atoms with Gasteiger partial charge in [-0.25, -0.2) is 4.98 Å². The van der Waals surface area contributed by atoms with E-state index in [1.54, 1.807) is 12.3 Å². The molecule has 2 aromatic carbocycles. The lowest BCUT2D eigenvalue weighted by Crippen LogP contribution is -2.24. The predicted molar refractivity (Wildman–Crippen MR) is 102 cm³/mol. The van der Waals surface area contributed by atoms with E-state index in [0.29, 0.717) is 16.9 Å². The maximum atomic E-state index is 11.7. The summed E-state index contributed by atoms with van der Waals surface area (Å²) in [6.07, 6.45) is 6.21. The zero-order valence-electron chi connectivity index (χ0n) is 14.5. The number of para-hydroxylation sites is 2. The largest absolute Gasteiger partial charge is 0.366 e. The third kappa shape index (κ3) is 3.22. The number of benzene rings is 2. The van der Waals surface area contributed by atoms with Crippen LogP contribution in [-0.4, -0.2) is 28.0 Å². The average molecular weight is 348 g/mol. The zero-order valence-corrected chi connectivity index (χ0v) is 14.5. The second-order valence-corrected chi connectivity index (χ2v) is 6.61. The van der Waals surface area contributed by atoms with Crippen molar-refractivity contribution in [3.8, 4) is 11.3 Å². The Morgan fingerprint density at radius 3 is 2.42 bits per heavy atom. The Morgan fingerprint density at radius 2 is 1.69 bits per heavy atom. The number of nitro groups is 1. The first-order chi connectivity index (χ1) is 12.7. The van der Waals surface area contributed by atoms with Crippen LogP contribution in [0.3, 0.4) is 0 Å². The Balaban J connectivity index is 1.75. The van der Waals surface area contributed by atoms with Gasteiger partial charge in [-0.1, -0.05) is 31.0 Å². The van der Waals surface area contributed by atoms with Crippen LogP contribution in [0, 0.1) is 10.1 Å². The van der Waals surface area contributed by atoms with Crippen LogP contribution in [0.5, 0.6) is 0 Å². The quantitative estimate of drug-likeness (QED) is 0.511. The Morgan fingerprint density at radius 1 is 0.962 bits per heavy atom. The molecule has 6 heteroatoms. The fourth-order valence-electron chi connectivity index (χ4n) is 3.50. The minimum Gasteiger partial charge on any atom is -0.366 e. The highest BCUT2D eigenvalue weighted by atomic mass is 16.6. The van der Waals surface area contributed by atoms with Crippen molar-refractivity contribution in [2.45, 2.75) is 25.7 Å². The molecule has 0 amide bonds. The van der Waals surface area contributed by atoms with Crippen molar-refractivity contribution in [2.75, 3.05) is 18.0 Å². The van der Waals surface area contributed by atoms with Crippen LogP contribution >= 0.6 is 0 Å². The Kier molecular flexibility index (Phi) is 4.48. The number of hydrogen-bond acceptors (Lipinski definition) is 5. The van der Waals surface area contributed by atoms with Crippen LogP contribution in [0.1, 0.15) is 25.7 Å². The van der Waals surface area contributed by atoms with Crippen LogP contribution in [0.4, 0.5) is 11.4 Å². The molecule has 1 aromatic heterocycles. The summed E-state index contributed by atoms with van der Waals surface area (Å²) in [6.45, 7) is 1.74. The highest BCUT2D eigenvalue weighted by molar-refractivity contribution is 5.78. The molecule has 0 bridgehead atoms. The molecule has 1 aliphatic rings. The highest BCUT2D eigenvalue weighted by Gasteiger charge is 2.21. The van der Waals surface area contributed by atoms with E-state index in [2.05, 4.69) is 14.9 Å². The van der Waals surface area contributed by atoms with Gasteiger partial charge in [0.2, 0.25) is 0 Å². The predicted octanol–water partition coefficient (Wildman–Crippen LogP) is 4.59. The molecule has 0 unspecified atom stereocenters. The molecule has 2 heterocycles. The van der Waals surface area contributed by atoms with E-state index in [1.807, 2.05) is 36.4 Å². The maximum Gasteiger partial charge on any atom is 0.293 e.